The second-order valence-corrected chi connectivity index (χ2v) is 4.58. The maximum absolute atomic E-state index is 11.4. The summed E-state index contributed by atoms with van der Waals surface area (Å²) in [7, 11) is 1.29. The molecule has 1 aromatic rings. The highest BCUT2D eigenvalue weighted by Crippen LogP contribution is 2.13. The quantitative estimate of drug-likeness (QED) is 0.809. The van der Waals surface area contributed by atoms with Crippen LogP contribution in [0.4, 0.5) is 5.69 Å². The lowest BCUT2D eigenvalue weighted by molar-refractivity contribution is -0.144. The van der Waals surface area contributed by atoms with Gasteiger partial charge in [0.05, 0.1) is 7.11 Å². The second-order valence-electron chi connectivity index (χ2n) is 3.66. The van der Waals surface area contributed by atoms with E-state index in [1.54, 1.807) is 0 Å². The van der Waals surface area contributed by atoms with Crippen LogP contribution in [0.2, 0.25) is 0 Å². The van der Waals surface area contributed by atoms with Gasteiger partial charge in [0.2, 0.25) is 5.91 Å². The molecule has 1 amide bonds. The molecule has 0 aliphatic rings. The number of ether oxygens (including phenoxy) is 1. The predicted molar refractivity (Wildman–Crippen MR) is 72.3 cm³/mol. The summed E-state index contributed by atoms with van der Waals surface area (Å²) in [4.78, 5) is 22.4. The highest BCUT2D eigenvalue weighted by molar-refractivity contribution is 9.10. The molecule has 0 spiro atoms. The Bertz CT molecular complexity index is 420. The number of esters is 1. The van der Waals surface area contributed by atoms with Crippen LogP contribution >= 0.6 is 15.9 Å². The lowest BCUT2D eigenvalue weighted by Crippen LogP contribution is -2.45. The van der Waals surface area contributed by atoms with E-state index >= 15 is 0 Å². The van der Waals surface area contributed by atoms with E-state index in [4.69, 9.17) is 0 Å². The Morgan fingerprint density at radius 1 is 1.33 bits per heavy atom. The highest BCUT2D eigenvalue weighted by atomic mass is 79.9. The molecule has 18 heavy (non-hydrogen) atoms. The number of halogens is 1. The first kappa shape index (κ1) is 14.5. The van der Waals surface area contributed by atoms with Gasteiger partial charge in [-0.05, 0) is 24.3 Å². The van der Waals surface area contributed by atoms with Gasteiger partial charge in [-0.2, -0.15) is 0 Å². The van der Waals surface area contributed by atoms with E-state index in [2.05, 4.69) is 31.3 Å². The Morgan fingerprint density at radius 2 is 1.94 bits per heavy atom. The molecule has 0 heterocycles. The Hall–Kier alpha value is -1.56. The van der Waals surface area contributed by atoms with Crippen LogP contribution in [0.1, 0.15) is 6.92 Å². The van der Waals surface area contributed by atoms with Crippen molar-refractivity contribution in [2.75, 3.05) is 19.0 Å². The van der Waals surface area contributed by atoms with Crippen LogP contribution in [0.25, 0.3) is 0 Å². The average molecular weight is 315 g/mol. The lowest BCUT2D eigenvalue weighted by atomic mass is 10.2. The van der Waals surface area contributed by atoms with Crippen LogP contribution in [0.15, 0.2) is 28.7 Å². The standard InChI is InChI=1S/C12H15BrN2O3/c1-8(16)15-11(12(17)18-2)7-14-10-5-3-9(13)4-6-10/h3-6,11,14H,7H2,1-2H3,(H,15,16). The van der Waals surface area contributed by atoms with Crippen LogP contribution in [0.3, 0.4) is 0 Å². The molecule has 0 fully saturated rings. The number of hydrogen-bond acceptors (Lipinski definition) is 4. The fraction of sp³-hybridized carbons (Fsp3) is 0.333. The zero-order chi connectivity index (χ0) is 13.5. The monoisotopic (exact) mass is 314 g/mol. The Balaban J connectivity index is 2.58. The molecule has 1 rings (SSSR count). The number of benzene rings is 1. The van der Waals surface area contributed by atoms with Gasteiger partial charge in [-0.15, -0.1) is 0 Å². The Morgan fingerprint density at radius 3 is 2.44 bits per heavy atom. The van der Waals surface area contributed by atoms with Crippen molar-refractivity contribution < 1.29 is 14.3 Å². The first-order valence-electron chi connectivity index (χ1n) is 5.37. The number of anilines is 1. The van der Waals surface area contributed by atoms with Crippen molar-refractivity contribution in [3.63, 3.8) is 0 Å². The summed E-state index contributed by atoms with van der Waals surface area (Å²) in [6.45, 7) is 1.63. The smallest absolute Gasteiger partial charge is 0.330 e. The number of carbonyl (C=O) groups excluding carboxylic acids is 2. The van der Waals surface area contributed by atoms with E-state index in [0.29, 0.717) is 0 Å². The van der Waals surface area contributed by atoms with Crippen LogP contribution in [-0.2, 0) is 14.3 Å². The first-order valence-corrected chi connectivity index (χ1v) is 6.16. The molecule has 5 nitrogen and oxygen atoms in total. The van der Waals surface area contributed by atoms with Gasteiger partial charge in [0, 0.05) is 23.6 Å². The molecule has 0 aliphatic heterocycles. The second kappa shape index (κ2) is 7.00. The summed E-state index contributed by atoms with van der Waals surface area (Å²) in [5, 5.41) is 5.58. The molecule has 0 saturated heterocycles. The van der Waals surface area contributed by atoms with Gasteiger partial charge in [0.15, 0.2) is 0 Å². The van der Waals surface area contributed by atoms with E-state index in [0.717, 1.165) is 10.2 Å². The van der Waals surface area contributed by atoms with E-state index < -0.39 is 12.0 Å². The van der Waals surface area contributed by atoms with E-state index in [9.17, 15) is 9.59 Å². The molecule has 1 aromatic carbocycles. The van der Waals surface area contributed by atoms with Crippen molar-refractivity contribution in [2.24, 2.45) is 0 Å². The van der Waals surface area contributed by atoms with Gasteiger partial charge in [-0.3, -0.25) is 4.79 Å². The van der Waals surface area contributed by atoms with Crippen molar-refractivity contribution in [3.8, 4) is 0 Å². The van der Waals surface area contributed by atoms with Crippen molar-refractivity contribution in [2.45, 2.75) is 13.0 Å². The average Bonchev–Trinajstić information content (AvgIpc) is 2.35. The van der Waals surface area contributed by atoms with Crippen LogP contribution in [0.5, 0.6) is 0 Å². The number of amides is 1. The zero-order valence-corrected chi connectivity index (χ0v) is 11.8. The normalized spacial score (nSPS) is 11.5. The summed E-state index contributed by atoms with van der Waals surface area (Å²) in [6, 6.07) is 6.80. The SMILES string of the molecule is COC(=O)C(CNc1ccc(Br)cc1)NC(C)=O. The van der Waals surface area contributed by atoms with Gasteiger partial charge < -0.3 is 15.4 Å². The minimum absolute atomic E-state index is 0.272. The van der Waals surface area contributed by atoms with Gasteiger partial charge in [-0.25, -0.2) is 4.79 Å². The molecule has 0 radical (unpaired) electrons. The molecule has 1 atom stereocenters. The third-order valence-corrected chi connectivity index (χ3v) is 2.75. The molecule has 0 bridgehead atoms. The van der Waals surface area contributed by atoms with E-state index in [1.165, 1.54) is 14.0 Å². The molecule has 98 valence electrons. The zero-order valence-electron chi connectivity index (χ0n) is 10.2. The summed E-state index contributed by atoms with van der Waals surface area (Å²) < 4.78 is 5.59. The molecular formula is C12H15BrN2O3. The van der Waals surface area contributed by atoms with Crippen molar-refractivity contribution in [1.29, 1.82) is 0 Å². The molecule has 0 saturated carbocycles. The molecule has 0 aromatic heterocycles. The number of rotatable bonds is 5. The summed E-state index contributed by atoms with van der Waals surface area (Å²) in [5.41, 5.74) is 0.859. The number of methoxy groups -OCH3 is 1. The fourth-order valence-electron chi connectivity index (χ4n) is 1.37. The molecule has 6 heteroatoms. The van der Waals surface area contributed by atoms with Crippen molar-refractivity contribution >= 4 is 33.5 Å². The third-order valence-electron chi connectivity index (χ3n) is 2.22. The third kappa shape index (κ3) is 4.75. The van der Waals surface area contributed by atoms with Gasteiger partial charge in [-0.1, -0.05) is 15.9 Å². The minimum Gasteiger partial charge on any atom is -0.467 e. The number of nitrogens with one attached hydrogen (secondary N) is 2. The van der Waals surface area contributed by atoms with Crippen molar-refractivity contribution in [1.82, 2.24) is 5.32 Å². The first-order chi connectivity index (χ1) is 8.52. The molecular weight excluding hydrogens is 300 g/mol. The number of carbonyl (C=O) groups is 2. The van der Waals surface area contributed by atoms with Gasteiger partial charge in [0.1, 0.15) is 6.04 Å². The maximum atomic E-state index is 11.4. The van der Waals surface area contributed by atoms with Gasteiger partial charge >= 0.3 is 5.97 Å². The summed E-state index contributed by atoms with van der Waals surface area (Å²) >= 11 is 3.33. The summed E-state index contributed by atoms with van der Waals surface area (Å²) in [6.07, 6.45) is 0. The van der Waals surface area contributed by atoms with Crippen molar-refractivity contribution in [3.05, 3.63) is 28.7 Å². The largest absolute Gasteiger partial charge is 0.467 e. The minimum atomic E-state index is -0.698. The summed E-state index contributed by atoms with van der Waals surface area (Å²) in [5.74, 6) is -0.752. The predicted octanol–water partition coefficient (Wildman–Crippen LogP) is 1.54. The lowest BCUT2D eigenvalue weighted by Gasteiger charge is -2.16. The van der Waals surface area contributed by atoms with Gasteiger partial charge in [0.25, 0.3) is 0 Å². The van der Waals surface area contributed by atoms with Crippen LogP contribution in [-0.4, -0.2) is 31.6 Å². The fourth-order valence-corrected chi connectivity index (χ4v) is 1.63. The Kier molecular flexibility index (Phi) is 5.64. The molecule has 2 N–H and O–H groups in total. The van der Waals surface area contributed by atoms with Crippen LogP contribution in [0, 0.1) is 0 Å². The topological polar surface area (TPSA) is 67.4 Å². The highest BCUT2D eigenvalue weighted by Gasteiger charge is 2.19. The van der Waals surface area contributed by atoms with E-state index in [-0.39, 0.29) is 12.5 Å². The van der Waals surface area contributed by atoms with Crippen LogP contribution < -0.4 is 10.6 Å². The maximum Gasteiger partial charge on any atom is 0.330 e. The molecule has 1 unspecified atom stereocenters. The number of hydrogen-bond donors (Lipinski definition) is 2. The van der Waals surface area contributed by atoms with E-state index in [1.807, 2.05) is 24.3 Å². The molecule has 0 aliphatic carbocycles. The Labute approximate surface area is 114 Å².